The Morgan fingerprint density at radius 3 is 2.17 bits per heavy atom. The highest BCUT2D eigenvalue weighted by molar-refractivity contribution is 6.04. The van der Waals surface area contributed by atoms with Crippen LogP contribution in [0.2, 0.25) is 0 Å². The molecule has 1 amide bonds. The lowest BCUT2D eigenvalue weighted by molar-refractivity contribution is -0.131. The van der Waals surface area contributed by atoms with Crippen LogP contribution >= 0.6 is 0 Å². The van der Waals surface area contributed by atoms with Crippen LogP contribution in [0.15, 0.2) is 24.3 Å². The van der Waals surface area contributed by atoms with E-state index >= 15 is 0 Å². The van der Waals surface area contributed by atoms with E-state index in [9.17, 15) is 14.4 Å². The molecule has 0 radical (unpaired) electrons. The van der Waals surface area contributed by atoms with Crippen LogP contribution in [-0.2, 0) is 14.3 Å². The van der Waals surface area contributed by atoms with Crippen molar-refractivity contribution in [1.82, 2.24) is 0 Å². The van der Waals surface area contributed by atoms with Gasteiger partial charge in [-0.15, -0.1) is 0 Å². The van der Waals surface area contributed by atoms with Gasteiger partial charge in [-0.25, -0.2) is 4.79 Å². The highest BCUT2D eigenvalue weighted by Gasteiger charge is 2.72. The number of rotatable bonds is 3. The van der Waals surface area contributed by atoms with Crippen molar-refractivity contribution in [3.05, 3.63) is 29.8 Å². The van der Waals surface area contributed by atoms with Crippen LogP contribution < -0.4 is 5.32 Å². The molecule has 2 aliphatic carbocycles. The van der Waals surface area contributed by atoms with Crippen LogP contribution in [0.25, 0.3) is 0 Å². The molecule has 24 heavy (non-hydrogen) atoms. The topological polar surface area (TPSA) is 72.5 Å². The first-order valence-corrected chi connectivity index (χ1v) is 8.21. The maximum Gasteiger partial charge on any atom is 0.337 e. The van der Waals surface area contributed by atoms with Gasteiger partial charge in [-0.05, 0) is 42.5 Å². The summed E-state index contributed by atoms with van der Waals surface area (Å²) >= 11 is 0. The molecule has 2 fully saturated rings. The standard InChI is InChI=1S/C19H23NO4/c1-17(2)18(3)9-10-19(17,11-14(18)21)16(23)20-13-7-5-12(6-8-13)15(22)24-4/h5-8H,9-11H2,1-4H3,(H,20,23)/t18-,19-/m0/s1. The zero-order valence-corrected chi connectivity index (χ0v) is 14.6. The number of nitrogens with one attached hydrogen (secondary N) is 1. The number of hydrogen-bond acceptors (Lipinski definition) is 4. The molecular formula is C19H23NO4. The van der Waals surface area contributed by atoms with E-state index in [4.69, 9.17) is 0 Å². The Morgan fingerprint density at radius 2 is 1.71 bits per heavy atom. The van der Waals surface area contributed by atoms with E-state index in [0.29, 0.717) is 17.7 Å². The fourth-order valence-electron chi connectivity index (χ4n) is 4.42. The summed E-state index contributed by atoms with van der Waals surface area (Å²) in [6.45, 7) is 6.05. The normalized spacial score (nSPS) is 30.2. The molecule has 1 aromatic rings. The van der Waals surface area contributed by atoms with E-state index in [2.05, 4.69) is 10.1 Å². The Morgan fingerprint density at radius 1 is 1.08 bits per heavy atom. The largest absolute Gasteiger partial charge is 0.465 e. The van der Waals surface area contributed by atoms with Crippen molar-refractivity contribution in [3.63, 3.8) is 0 Å². The third kappa shape index (κ3) is 1.96. The molecule has 0 aromatic heterocycles. The molecule has 5 nitrogen and oxygen atoms in total. The number of ketones is 1. The molecule has 0 aliphatic heterocycles. The zero-order valence-electron chi connectivity index (χ0n) is 14.6. The van der Waals surface area contributed by atoms with Gasteiger partial charge in [0.05, 0.1) is 18.1 Å². The summed E-state index contributed by atoms with van der Waals surface area (Å²) in [5.41, 5.74) is -0.393. The smallest absolute Gasteiger partial charge is 0.337 e. The van der Waals surface area contributed by atoms with Crippen molar-refractivity contribution in [2.24, 2.45) is 16.2 Å². The molecule has 2 aliphatic rings. The SMILES string of the molecule is COC(=O)c1ccc(NC(=O)[C@]23CC[C@@](C)(C(=O)C2)C3(C)C)cc1. The number of fused-ring (bicyclic) bond motifs is 2. The number of Topliss-reactive ketones (excluding diaryl/α,β-unsaturated/α-hetero) is 1. The summed E-state index contributed by atoms with van der Waals surface area (Å²) in [6.07, 6.45) is 1.80. The molecule has 128 valence electrons. The van der Waals surface area contributed by atoms with E-state index in [-0.39, 0.29) is 17.1 Å². The van der Waals surface area contributed by atoms with E-state index in [1.807, 2.05) is 20.8 Å². The van der Waals surface area contributed by atoms with Crippen LogP contribution in [0.4, 0.5) is 5.69 Å². The first-order chi connectivity index (χ1) is 11.2. The summed E-state index contributed by atoms with van der Waals surface area (Å²) in [4.78, 5) is 36.9. The maximum atomic E-state index is 13.0. The molecule has 1 aromatic carbocycles. The highest BCUT2D eigenvalue weighted by atomic mass is 16.5. The van der Waals surface area contributed by atoms with Gasteiger partial charge in [0.1, 0.15) is 5.78 Å². The van der Waals surface area contributed by atoms with Crippen molar-refractivity contribution in [2.75, 3.05) is 12.4 Å². The quantitative estimate of drug-likeness (QED) is 0.864. The van der Waals surface area contributed by atoms with Crippen LogP contribution in [0.1, 0.15) is 50.4 Å². The second-order valence-corrected chi connectivity index (χ2v) is 7.66. The lowest BCUT2D eigenvalue weighted by Crippen LogP contribution is -2.43. The van der Waals surface area contributed by atoms with E-state index in [1.54, 1.807) is 24.3 Å². The molecule has 2 atom stereocenters. The summed E-state index contributed by atoms with van der Waals surface area (Å²) in [5, 5.41) is 2.94. The number of methoxy groups -OCH3 is 1. The van der Waals surface area contributed by atoms with Gasteiger partial charge in [-0.3, -0.25) is 9.59 Å². The number of carbonyl (C=O) groups is 3. The fraction of sp³-hybridized carbons (Fsp3) is 0.526. The fourth-order valence-corrected chi connectivity index (χ4v) is 4.42. The molecule has 0 spiro atoms. The molecular weight excluding hydrogens is 306 g/mol. The lowest BCUT2D eigenvalue weighted by Gasteiger charge is -2.38. The van der Waals surface area contributed by atoms with Crippen LogP contribution in [0.3, 0.4) is 0 Å². The van der Waals surface area contributed by atoms with Gasteiger partial charge in [0.15, 0.2) is 0 Å². The lowest BCUT2D eigenvalue weighted by atomic mass is 9.64. The third-order valence-corrected chi connectivity index (χ3v) is 6.70. The van der Waals surface area contributed by atoms with Crippen LogP contribution in [0, 0.1) is 16.2 Å². The van der Waals surface area contributed by atoms with Gasteiger partial charge in [0.25, 0.3) is 0 Å². The van der Waals surface area contributed by atoms with E-state index in [0.717, 1.165) is 12.8 Å². The van der Waals surface area contributed by atoms with Crippen molar-refractivity contribution in [1.29, 1.82) is 0 Å². The number of carbonyl (C=O) groups excluding carboxylic acids is 3. The summed E-state index contributed by atoms with van der Waals surface area (Å²) in [5.74, 6) is -0.330. The minimum absolute atomic E-state index is 0.104. The molecule has 0 unspecified atom stereocenters. The van der Waals surface area contributed by atoms with E-state index < -0.39 is 16.8 Å². The second kappa shape index (κ2) is 5.16. The molecule has 5 heteroatoms. The number of ether oxygens (including phenoxy) is 1. The monoisotopic (exact) mass is 329 g/mol. The first kappa shape index (κ1) is 16.7. The number of benzene rings is 1. The predicted molar refractivity (Wildman–Crippen MR) is 89.6 cm³/mol. The summed E-state index contributed by atoms with van der Waals surface area (Å²) < 4.78 is 4.66. The van der Waals surface area contributed by atoms with Gasteiger partial charge in [0, 0.05) is 17.5 Å². The van der Waals surface area contributed by atoms with Gasteiger partial charge in [-0.2, -0.15) is 0 Å². The van der Waals surface area contributed by atoms with Crippen LogP contribution in [0.5, 0.6) is 0 Å². The van der Waals surface area contributed by atoms with Crippen molar-refractivity contribution < 1.29 is 19.1 Å². The molecule has 1 N–H and O–H groups in total. The minimum Gasteiger partial charge on any atom is -0.465 e. The molecule has 2 bridgehead atoms. The Balaban J connectivity index is 1.83. The van der Waals surface area contributed by atoms with Gasteiger partial charge in [-0.1, -0.05) is 20.8 Å². The van der Waals surface area contributed by atoms with Crippen LogP contribution in [-0.4, -0.2) is 24.8 Å². The number of anilines is 1. The van der Waals surface area contributed by atoms with Crippen molar-refractivity contribution in [3.8, 4) is 0 Å². The average Bonchev–Trinajstić information content (AvgIpc) is 2.85. The van der Waals surface area contributed by atoms with Gasteiger partial charge >= 0.3 is 5.97 Å². The number of hydrogen-bond donors (Lipinski definition) is 1. The minimum atomic E-state index is -0.653. The Kier molecular flexibility index (Phi) is 3.59. The maximum absolute atomic E-state index is 13.0. The average molecular weight is 329 g/mol. The Labute approximate surface area is 141 Å². The Bertz CT molecular complexity index is 721. The number of esters is 1. The second-order valence-electron chi connectivity index (χ2n) is 7.66. The van der Waals surface area contributed by atoms with Crippen molar-refractivity contribution >= 4 is 23.3 Å². The number of amides is 1. The molecule has 0 heterocycles. The predicted octanol–water partition coefficient (Wildman–Crippen LogP) is 3.20. The van der Waals surface area contributed by atoms with Gasteiger partial charge in [0.2, 0.25) is 5.91 Å². The van der Waals surface area contributed by atoms with E-state index in [1.165, 1.54) is 7.11 Å². The molecule has 2 saturated carbocycles. The molecule has 3 rings (SSSR count). The van der Waals surface area contributed by atoms with Crippen molar-refractivity contribution in [2.45, 2.75) is 40.0 Å². The highest BCUT2D eigenvalue weighted by Crippen LogP contribution is 2.70. The zero-order chi connectivity index (χ0) is 17.8. The third-order valence-electron chi connectivity index (χ3n) is 6.70. The first-order valence-electron chi connectivity index (χ1n) is 8.21. The van der Waals surface area contributed by atoms with Gasteiger partial charge < -0.3 is 10.1 Å². The summed E-state index contributed by atoms with van der Waals surface area (Å²) in [6, 6.07) is 6.59. The Hall–Kier alpha value is -2.17. The summed E-state index contributed by atoms with van der Waals surface area (Å²) in [7, 11) is 1.33. The molecule has 0 saturated heterocycles.